The highest BCUT2D eigenvalue weighted by Crippen LogP contribution is 2.18. The van der Waals surface area contributed by atoms with Gasteiger partial charge in [0.1, 0.15) is 0 Å². The molecule has 2 N–H and O–H groups in total. The normalized spacial score (nSPS) is 10.5. The number of rotatable bonds is 8. The molecule has 0 aliphatic rings. The maximum absolute atomic E-state index is 9.07. The second-order valence-corrected chi connectivity index (χ2v) is 5.03. The number of aliphatic hydroxyl groups excluding tert-OH is 2. The molecule has 19 heavy (non-hydrogen) atoms. The molecule has 0 amide bonds. The van der Waals surface area contributed by atoms with Gasteiger partial charge in [-0.1, -0.05) is 11.8 Å². The first-order valence-electron chi connectivity index (χ1n) is 6.30. The highest BCUT2D eigenvalue weighted by molar-refractivity contribution is 7.10. The minimum absolute atomic E-state index is 0.0942. The molecule has 0 fully saturated rings. The van der Waals surface area contributed by atoms with Crippen LogP contribution >= 0.6 is 11.3 Å². The summed E-state index contributed by atoms with van der Waals surface area (Å²) in [5, 5.41) is 19.8. The van der Waals surface area contributed by atoms with E-state index in [0.717, 1.165) is 18.7 Å². The first kappa shape index (κ1) is 16.2. The van der Waals surface area contributed by atoms with Crippen molar-refractivity contribution in [3.05, 3.63) is 21.9 Å². The van der Waals surface area contributed by atoms with E-state index < -0.39 is 0 Å². The van der Waals surface area contributed by atoms with Crippen LogP contribution in [0.15, 0.2) is 11.4 Å². The lowest BCUT2D eigenvalue weighted by Crippen LogP contribution is -2.29. The minimum Gasteiger partial charge on any atom is -0.395 e. The zero-order valence-electron chi connectivity index (χ0n) is 11.3. The van der Waals surface area contributed by atoms with Gasteiger partial charge in [0, 0.05) is 43.6 Å². The van der Waals surface area contributed by atoms with Gasteiger partial charge in [-0.3, -0.25) is 4.90 Å². The van der Waals surface area contributed by atoms with E-state index in [2.05, 4.69) is 16.7 Å². The first-order valence-corrected chi connectivity index (χ1v) is 7.18. The van der Waals surface area contributed by atoms with E-state index in [1.165, 1.54) is 4.88 Å². The maximum atomic E-state index is 9.07. The molecule has 1 heterocycles. The Kier molecular flexibility index (Phi) is 8.47. The average Bonchev–Trinajstić information content (AvgIpc) is 2.84. The lowest BCUT2D eigenvalue weighted by Gasteiger charge is -2.20. The van der Waals surface area contributed by atoms with Crippen molar-refractivity contribution in [2.75, 3.05) is 40.0 Å². The highest BCUT2D eigenvalue weighted by atomic mass is 32.1. The lowest BCUT2D eigenvalue weighted by atomic mass is 10.2. The number of methoxy groups -OCH3 is 1. The summed E-state index contributed by atoms with van der Waals surface area (Å²) in [6.45, 7) is 3.07. The van der Waals surface area contributed by atoms with E-state index in [4.69, 9.17) is 14.9 Å². The van der Waals surface area contributed by atoms with Gasteiger partial charge in [0.25, 0.3) is 0 Å². The Hall–Kier alpha value is -0.900. The minimum atomic E-state index is 0.0942. The Morgan fingerprint density at radius 3 is 2.84 bits per heavy atom. The van der Waals surface area contributed by atoms with Crippen molar-refractivity contribution in [3.8, 4) is 11.8 Å². The molecule has 4 nitrogen and oxygen atoms in total. The molecular formula is C14H21NO3S. The fraction of sp³-hybridized carbons (Fsp3) is 0.571. The third kappa shape index (κ3) is 6.19. The van der Waals surface area contributed by atoms with Gasteiger partial charge in [-0.05, 0) is 11.4 Å². The van der Waals surface area contributed by atoms with E-state index in [1.807, 2.05) is 11.4 Å². The molecule has 0 aromatic carbocycles. The Labute approximate surface area is 118 Å². The fourth-order valence-electron chi connectivity index (χ4n) is 1.62. The Balaban J connectivity index is 2.63. The molecular weight excluding hydrogens is 262 g/mol. The van der Waals surface area contributed by atoms with Crippen molar-refractivity contribution < 1.29 is 14.9 Å². The van der Waals surface area contributed by atoms with Gasteiger partial charge >= 0.3 is 0 Å². The lowest BCUT2D eigenvalue weighted by molar-refractivity contribution is 0.127. The molecule has 0 bridgehead atoms. The van der Waals surface area contributed by atoms with Crippen LogP contribution in [-0.4, -0.2) is 55.1 Å². The average molecular weight is 283 g/mol. The van der Waals surface area contributed by atoms with Crippen LogP contribution in [0.25, 0.3) is 0 Å². The van der Waals surface area contributed by atoms with E-state index in [-0.39, 0.29) is 13.2 Å². The predicted molar refractivity (Wildman–Crippen MR) is 77.1 cm³/mol. The summed E-state index contributed by atoms with van der Waals surface area (Å²) in [5.74, 6) is 6.02. The Morgan fingerprint density at radius 1 is 1.32 bits per heavy atom. The van der Waals surface area contributed by atoms with Gasteiger partial charge in [0.15, 0.2) is 0 Å². The number of thiophene rings is 1. The zero-order chi connectivity index (χ0) is 13.9. The quantitative estimate of drug-likeness (QED) is 0.697. The van der Waals surface area contributed by atoms with Crippen LogP contribution in [0.3, 0.4) is 0 Å². The molecule has 0 saturated carbocycles. The molecule has 1 aromatic heterocycles. The van der Waals surface area contributed by atoms with Crippen LogP contribution in [0, 0.1) is 11.8 Å². The smallest absolute Gasteiger partial charge is 0.0589 e. The van der Waals surface area contributed by atoms with E-state index in [0.29, 0.717) is 19.6 Å². The van der Waals surface area contributed by atoms with Crippen molar-refractivity contribution in [3.63, 3.8) is 0 Å². The number of hydrogen-bond acceptors (Lipinski definition) is 5. The molecule has 106 valence electrons. The summed E-state index contributed by atoms with van der Waals surface area (Å²) in [6.07, 6.45) is 0.499. The van der Waals surface area contributed by atoms with Crippen LogP contribution in [0.2, 0.25) is 0 Å². The fourth-order valence-corrected chi connectivity index (χ4v) is 2.49. The van der Waals surface area contributed by atoms with Crippen LogP contribution in [0.4, 0.5) is 0 Å². The van der Waals surface area contributed by atoms with Crippen LogP contribution in [0.5, 0.6) is 0 Å². The van der Waals surface area contributed by atoms with Gasteiger partial charge in [-0.15, -0.1) is 11.3 Å². The standard InChI is InChI=1S/C14H21NO3S/c1-18-10-7-15(6-9-17)12-14-13(5-11-19-14)4-2-3-8-16/h5,11,16-17H,3,6-10,12H2,1H3. The summed E-state index contributed by atoms with van der Waals surface area (Å²) in [7, 11) is 1.67. The van der Waals surface area contributed by atoms with E-state index in [1.54, 1.807) is 18.4 Å². The maximum Gasteiger partial charge on any atom is 0.0589 e. The van der Waals surface area contributed by atoms with Crippen molar-refractivity contribution in [1.29, 1.82) is 0 Å². The van der Waals surface area contributed by atoms with Gasteiger partial charge in [-0.25, -0.2) is 0 Å². The van der Waals surface area contributed by atoms with Gasteiger partial charge in [0.05, 0.1) is 19.8 Å². The molecule has 0 radical (unpaired) electrons. The van der Waals surface area contributed by atoms with Crippen molar-refractivity contribution in [1.82, 2.24) is 4.90 Å². The number of ether oxygens (including phenoxy) is 1. The third-order valence-electron chi connectivity index (χ3n) is 2.60. The van der Waals surface area contributed by atoms with Crippen LogP contribution in [0.1, 0.15) is 16.9 Å². The second-order valence-electron chi connectivity index (χ2n) is 4.03. The molecule has 5 heteroatoms. The molecule has 0 aliphatic heterocycles. The molecule has 0 saturated heterocycles. The van der Waals surface area contributed by atoms with Crippen molar-refractivity contribution in [2.24, 2.45) is 0 Å². The van der Waals surface area contributed by atoms with E-state index in [9.17, 15) is 0 Å². The summed E-state index contributed by atoms with van der Waals surface area (Å²) in [4.78, 5) is 3.34. The monoisotopic (exact) mass is 283 g/mol. The summed E-state index contributed by atoms with van der Waals surface area (Å²) >= 11 is 1.67. The van der Waals surface area contributed by atoms with Gasteiger partial charge < -0.3 is 14.9 Å². The van der Waals surface area contributed by atoms with Gasteiger partial charge in [-0.2, -0.15) is 0 Å². The zero-order valence-corrected chi connectivity index (χ0v) is 12.1. The number of aliphatic hydroxyl groups is 2. The molecule has 0 spiro atoms. The topological polar surface area (TPSA) is 52.9 Å². The van der Waals surface area contributed by atoms with Crippen LogP contribution < -0.4 is 0 Å². The molecule has 0 atom stereocenters. The summed E-state index contributed by atoms with van der Waals surface area (Å²) < 4.78 is 5.07. The summed E-state index contributed by atoms with van der Waals surface area (Å²) in [6, 6.07) is 2.00. The Bertz CT molecular complexity index is 408. The number of nitrogens with zero attached hydrogens (tertiary/aromatic N) is 1. The number of hydrogen-bond donors (Lipinski definition) is 2. The molecule has 0 aliphatic carbocycles. The second kappa shape index (κ2) is 9.96. The molecule has 0 unspecified atom stereocenters. The van der Waals surface area contributed by atoms with Crippen molar-refractivity contribution >= 4 is 11.3 Å². The van der Waals surface area contributed by atoms with Crippen LogP contribution in [-0.2, 0) is 11.3 Å². The SMILES string of the molecule is COCCN(CCO)Cc1sccc1C#CCCO. The largest absolute Gasteiger partial charge is 0.395 e. The van der Waals surface area contributed by atoms with Gasteiger partial charge in [0.2, 0.25) is 0 Å². The van der Waals surface area contributed by atoms with Crippen molar-refractivity contribution in [2.45, 2.75) is 13.0 Å². The summed E-state index contributed by atoms with van der Waals surface area (Å²) in [5.41, 5.74) is 1.01. The predicted octanol–water partition coefficient (Wildman–Crippen LogP) is 0.923. The Morgan fingerprint density at radius 2 is 2.16 bits per heavy atom. The highest BCUT2D eigenvalue weighted by Gasteiger charge is 2.09. The molecule has 1 rings (SSSR count). The van der Waals surface area contributed by atoms with E-state index >= 15 is 0 Å². The molecule has 1 aromatic rings. The third-order valence-corrected chi connectivity index (χ3v) is 3.51. The first-order chi connectivity index (χ1) is 9.31.